The van der Waals surface area contributed by atoms with E-state index >= 15 is 0 Å². The van der Waals surface area contributed by atoms with E-state index in [2.05, 4.69) is 36.0 Å². The molecule has 4 rings (SSSR count). The fraction of sp³-hybridized carbons (Fsp3) is 0.261. The number of aryl methyl sites for hydroxylation is 1. The van der Waals surface area contributed by atoms with Gasteiger partial charge in [0, 0.05) is 44.8 Å². The van der Waals surface area contributed by atoms with Crippen LogP contribution in [0.2, 0.25) is 0 Å². The summed E-state index contributed by atoms with van der Waals surface area (Å²) in [6.07, 6.45) is 2.10. The first kappa shape index (κ1) is 23.5. The van der Waals surface area contributed by atoms with Gasteiger partial charge in [-0.1, -0.05) is 12.1 Å². The number of nitrogens with zero attached hydrogens (tertiary/aromatic N) is 5. The average molecular weight is 481 g/mol. The molecular weight excluding hydrogens is 455 g/mol. The van der Waals surface area contributed by atoms with E-state index < -0.39 is 5.92 Å². The predicted molar refractivity (Wildman–Crippen MR) is 130 cm³/mol. The van der Waals surface area contributed by atoms with Crippen molar-refractivity contribution in [3.05, 3.63) is 70.6 Å². The van der Waals surface area contributed by atoms with Gasteiger partial charge in [-0.3, -0.25) is 9.48 Å². The molecule has 34 heavy (non-hydrogen) atoms. The van der Waals surface area contributed by atoms with Gasteiger partial charge in [-0.05, 0) is 30.2 Å². The second-order valence-corrected chi connectivity index (χ2v) is 8.40. The third-order valence-electron chi connectivity index (χ3n) is 5.22. The third kappa shape index (κ3) is 6.00. The number of thiazole rings is 1. The van der Waals surface area contributed by atoms with Crippen LogP contribution in [0.3, 0.4) is 0 Å². The molecule has 0 fully saturated rings. The van der Waals surface area contributed by atoms with E-state index in [1.54, 1.807) is 54.7 Å². The number of aromatic nitrogens is 5. The zero-order valence-corrected chi connectivity index (χ0v) is 19.6. The number of hydrogen-bond donors (Lipinski definition) is 3. The molecular formula is C23H25FN8OS. The van der Waals surface area contributed by atoms with E-state index in [1.807, 2.05) is 5.38 Å². The molecule has 9 nitrogen and oxygen atoms in total. The number of carbonyl (C=O) groups excluding carboxylic acids is 1. The summed E-state index contributed by atoms with van der Waals surface area (Å²) in [7, 11) is 3.50. The molecule has 0 unspecified atom stereocenters. The molecule has 4 aromatic rings. The summed E-state index contributed by atoms with van der Waals surface area (Å²) < 4.78 is 14.9. The molecule has 0 saturated heterocycles. The van der Waals surface area contributed by atoms with Crippen LogP contribution in [-0.4, -0.2) is 44.2 Å². The van der Waals surface area contributed by atoms with Crippen molar-refractivity contribution in [2.45, 2.75) is 13.0 Å². The molecule has 176 valence electrons. The lowest BCUT2D eigenvalue weighted by Crippen LogP contribution is -2.34. The highest BCUT2D eigenvalue weighted by Gasteiger charge is 2.21. The monoisotopic (exact) mass is 480 g/mol. The molecule has 0 bridgehead atoms. The molecule has 0 aliphatic heterocycles. The zero-order valence-electron chi connectivity index (χ0n) is 18.8. The summed E-state index contributed by atoms with van der Waals surface area (Å²) in [6.45, 7) is 0.997. The number of halogens is 1. The van der Waals surface area contributed by atoms with E-state index in [0.717, 1.165) is 11.3 Å². The van der Waals surface area contributed by atoms with Crippen LogP contribution in [-0.2, 0) is 24.8 Å². The normalized spacial score (nSPS) is 11.9. The third-order valence-corrected chi connectivity index (χ3v) is 5.85. The Balaban J connectivity index is 1.48. The number of carbonyl (C=O) groups is 1. The first-order valence-electron chi connectivity index (χ1n) is 10.7. The van der Waals surface area contributed by atoms with Gasteiger partial charge in [0.1, 0.15) is 17.3 Å². The van der Waals surface area contributed by atoms with Gasteiger partial charge in [-0.25, -0.2) is 19.3 Å². The molecule has 3 aromatic heterocycles. The number of rotatable bonds is 10. The van der Waals surface area contributed by atoms with Crippen LogP contribution in [0, 0.1) is 11.7 Å². The SMILES string of the molecule is CNc1nccc(-c2cc(NC(=O)[C@@H](CNCc3cscn3)Cc3ccc(F)cc3)n(C)n2)n1. The summed E-state index contributed by atoms with van der Waals surface area (Å²) in [5.41, 5.74) is 4.84. The largest absolute Gasteiger partial charge is 0.357 e. The maximum absolute atomic E-state index is 13.3. The Bertz CT molecular complexity index is 1230. The smallest absolute Gasteiger partial charge is 0.230 e. The highest BCUT2D eigenvalue weighted by molar-refractivity contribution is 7.07. The topological polar surface area (TPSA) is 110 Å². The van der Waals surface area contributed by atoms with Crippen molar-refractivity contribution in [3.63, 3.8) is 0 Å². The minimum absolute atomic E-state index is 0.164. The summed E-state index contributed by atoms with van der Waals surface area (Å²) in [6, 6.07) is 9.74. The van der Waals surface area contributed by atoms with Crippen LogP contribution < -0.4 is 16.0 Å². The van der Waals surface area contributed by atoms with E-state index in [4.69, 9.17) is 0 Å². The van der Waals surface area contributed by atoms with Crippen LogP contribution in [0.5, 0.6) is 0 Å². The lowest BCUT2D eigenvalue weighted by atomic mass is 9.98. The lowest BCUT2D eigenvalue weighted by Gasteiger charge is -2.17. The molecule has 1 aromatic carbocycles. The van der Waals surface area contributed by atoms with Crippen LogP contribution in [0.4, 0.5) is 16.2 Å². The Morgan fingerprint density at radius 2 is 2.00 bits per heavy atom. The van der Waals surface area contributed by atoms with Gasteiger partial charge in [-0.15, -0.1) is 11.3 Å². The van der Waals surface area contributed by atoms with Gasteiger partial charge in [0.2, 0.25) is 11.9 Å². The predicted octanol–water partition coefficient (Wildman–Crippen LogP) is 3.10. The van der Waals surface area contributed by atoms with Crippen molar-refractivity contribution in [2.24, 2.45) is 13.0 Å². The fourth-order valence-corrected chi connectivity index (χ4v) is 3.98. The zero-order chi connectivity index (χ0) is 23.9. The molecule has 0 aliphatic rings. The maximum Gasteiger partial charge on any atom is 0.230 e. The first-order chi connectivity index (χ1) is 16.5. The van der Waals surface area contributed by atoms with E-state index in [9.17, 15) is 9.18 Å². The van der Waals surface area contributed by atoms with Crippen LogP contribution in [0.1, 0.15) is 11.3 Å². The van der Waals surface area contributed by atoms with Crippen molar-refractivity contribution in [3.8, 4) is 11.4 Å². The number of nitrogens with one attached hydrogen (secondary N) is 3. The highest BCUT2D eigenvalue weighted by Crippen LogP contribution is 2.21. The molecule has 11 heteroatoms. The Hall–Kier alpha value is -3.70. The van der Waals surface area contributed by atoms with Gasteiger partial charge in [0.25, 0.3) is 0 Å². The van der Waals surface area contributed by atoms with Gasteiger partial charge in [0.05, 0.1) is 22.8 Å². The number of hydrogen-bond acceptors (Lipinski definition) is 8. The number of amides is 1. The molecule has 3 heterocycles. The lowest BCUT2D eigenvalue weighted by molar-refractivity contribution is -0.119. The minimum atomic E-state index is -0.391. The second-order valence-electron chi connectivity index (χ2n) is 7.68. The fourth-order valence-electron chi connectivity index (χ4n) is 3.42. The van der Waals surface area contributed by atoms with Crippen molar-refractivity contribution < 1.29 is 9.18 Å². The first-order valence-corrected chi connectivity index (χ1v) is 11.6. The summed E-state index contributed by atoms with van der Waals surface area (Å²) in [5.74, 6) is 0.174. The van der Waals surface area contributed by atoms with Crippen molar-refractivity contribution >= 4 is 29.0 Å². The van der Waals surface area contributed by atoms with Crippen LogP contribution in [0.15, 0.2) is 53.5 Å². The summed E-state index contributed by atoms with van der Waals surface area (Å²) in [5, 5.41) is 15.6. The quantitative estimate of drug-likeness (QED) is 0.320. The number of anilines is 2. The van der Waals surface area contributed by atoms with Crippen molar-refractivity contribution in [1.82, 2.24) is 30.0 Å². The van der Waals surface area contributed by atoms with E-state index in [1.165, 1.54) is 23.5 Å². The highest BCUT2D eigenvalue weighted by atomic mass is 32.1. The average Bonchev–Trinajstić information content (AvgIpc) is 3.49. The minimum Gasteiger partial charge on any atom is -0.357 e. The van der Waals surface area contributed by atoms with Crippen molar-refractivity contribution in [2.75, 3.05) is 24.2 Å². The molecule has 0 radical (unpaired) electrons. The Labute approximate surface area is 200 Å². The Morgan fingerprint density at radius 3 is 2.74 bits per heavy atom. The second kappa shape index (κ2) is 10.9. The molecule has 0 saturated carbocycles. The standard InChI is InChI=1S/C23H25FN8OS/c1-25-23-27-8-7-19(29-23)20-10-21(32(2)31-20)30-22(33)16(9-15-3-5-17(24)6-4-15)11-26-12-18-13-34-14-28-18/h3-8,10,13-14,16,26H,9,11-12H2,1-2H3,(H,30,33)(H,25,27,29)/t16-/m1/s1. The molecule has 1 atom stereocenters. The van der Waals surface area contributed by atoms with Crippen molar-refractivity contribution in [1.29, 1.82) is 0 Å². The van der Waals surface area contributed by atoms with Gasteiger partial charge in [0.15, 0.2) is 0 Å². The summed E-state index contributed by atoms with van der Waals surface area (Å²) >= 11 is 1.53. The van der Waals surface area contributed by atoms with Gasteiger partial charge in [-0.2, -0.15) is 5.10 Å². The van der Waals surface area contributed by atoms with Gasteiger partial charge >= 0.3 is 0 Å². The summed E-state index contributed by atoms with van der Waals surface area (Å²) in [4.78, 5) is 26.0. The maximum atomic E-state index is 13.3. The molecule has 0 spiro atoms. The number of benzene rings is 1. The van der Waals surface area contributed by atoms with Gasteiger partial charge < -0.3 is 16.0 Å². The Kier molecular flexibility index (Phi) is 7.55. The molecule has 0 aliphatic carbocycles. The van der Waals surface area contributed by atoms with Crippen LogP contribution in [0.25, 0.3) is 11.4 Å². The van der Waals surface area contributed by atoms with E-state index in [0.29, 0.717) is 42.7 Å². The molecule has 1 amide bonds. The van der Waals surface area contributed by atoms with Crippen LogP contribution >= 0.6 is 11.3 Å². The Morgan fingerprint density at radius 1 is 1.18 bits per heavy atom. The molecule has 3 N–H and O–H groups in total. The van der Waals surface area contributed by atoms with E-state index in [-0.39, 0.29) is 11.7 Å².